The van der Waals surface area contributed by atoms with Crippen molar-refractivity contribution in [3.8, 4) is 5.75 Å². The maximum atomic E-state index is 12.0. The van der Waals surface area contributed by atoms with Crippen molar-refractivity contribution in [3.63, 3.8) is 0 Å². The van der Waals surface area contributed by atoms with Crippen LogP contribution in [0.2, 0.25) is 0 Å². The number of fused-ring (bicyclic) bond motifs is 1. The molecule has 2 N–H and O–H groups in total. The summed E-state index contributed by atoms with van der Waals surface area (Å²) in [5.41, 5.74) is 1.74. The maximum absolute atomic E-state index is 12.0. The molecule has 0 saturated heterocycles. The second-order valence-corrected chi connectivity index (χ2v) is 4.33. The van der Waals surface area contributed by atoms with E-state index in [9.17, 15) is 13.2 Å². The zero-order valence-corrected chi connectivity index (χ0v) is 10.6. The minimum absolute atomic E-state index is 0.354. The molecule has 1 aromatic carbocycles. The fourth-order valence-corrected chi connectivity index (χ4v) is 1.92. The molecule has 0 amide bonds. The largest absolute Gasteiger partial charge is 0.573 e. The van der Waals surface area contributed by atoms with E-state index in [4.69, 9.17) is 0 Å². The summed E-state index contributed by atoms with van der Waals surface area (Å²) in [7, 11) is 0. The SMILES string of the molecule is FC(F)(F)Oc1ccc(Nc2ccc3cc[nH]c3c2)nc1. The molecule has 7 heteroatoms. The fourth-order valence-electron chi connectivity index (χ4n) is 1.92. The maximum Gasteiger partial charge on any atom is 0.573 e. The van der Waals surface area contributed by atoms with Gasteiger partial charge in [-0.1, -0.05) is 6.07 Å². The Bertz CT molecular complexity index is 750. The number of rotatable bonds is 3. The van der Waals surface area contributed by atoms with Gasteiger partial charge in [-0.05, 0) is 35.7 Å². The highest BCUT2D eigenvalue weighted by molar-refractivity contribution is 5.83. The summed E-state index contributed by atoms with van der Waals surface area (Å²) in [5, 5.41) is 4.08. The van der Waals surface area contributed by atoms with Crippen LogP contribution in [-0.2, 0) is 0 Å². The number of anilines is 2. The summed E-state index contributed by atoms with van der Waals surface area (Å²) in [6, 6.07) is 10.2. The van der Waals surface area contributed by atoms with Crippen molar-refractivity contribution < 1.29 is 17.9 Å². The lowest BCUT2D eigenvalue weighted by Gasteiger charge is -2.09. The molecule has 3 rings (SSSR count). The summed E-state index contributed by atoms with van der Waals surface area (Å²) >= 11 is 0. The third-order valence-electron chi connectivity index (χ3n) is 2.80. The van der Waals surface area contributed by atoms with Crippen LogP contribution in [-0.4, -0.2) is 16.3 Å². The molecule has 2 aromatic heterocycles. The van der Waals surface area contributed by atoms with Crippen LogP contribution in [0.3, 0.4) is 0 Å². The first kappa shape index (κ1) is 13.3. The molecule has 0 radical (unpaired) electrons. The summed E-state index contributed by atoms with van der Waals surface area (Å²) in [4.78, 5) is 6.95. The molecule has 0 aliphatic rings. The van der Waals surface area contributed by atoms with E-state index in [1.165, 1.54) is 12.1 Å². The third-order valence-corrected chi connectivity index (χ3v) is 2.80. The monoisotopic (exact) mass is 293 g/mol. The Morgan fingerprint density at radius 3 is 2.67 bits per heavy atom. The first-order chi connectivity index (χ1) is 9.99. The number of pyridine rings is 1. The Kier molecular flexibility index (Phi) is 3.17. The Labute approximate surface area is 117 Å². The predicted molar refractivity (Wildman–Crippen MR) is 72.5 cm³/mol. The molecule has 108 valence electrons. The number of alkyl halides is 3. The summed E-state index contributed by atoms with van der Waals surface area (Å²) in [6.45, 7) is 0. The van der Waals surface area contributed by atoms with Gasteiger partial charge in [0.05, 0.1) is 6.20 Å². The van der Waals surface area contributed by atoms with E-state index >= 15 is 0 Å². The molecule has 0 fully saturated rings. The molecular formula is C14H10F3N3O. The Morgan fingerprint density at radius 1 is 1.10 bits per heavy atom. The van der Waals surface area contributed by atoms with Crippen LogP contribution in [0.5, 0.6) is 5.75 Å². The molecule has 0 aliphatic heterocycles. The summed E-state index contributed by atoms with van der Waals surface area (Å²) < 4.78 is 39.9. The molecule has 0 spiro atoms. The minimum atomic E-state index is -4.71. The van der Waals surface area contributed by atoms with Crippen LogP contribution in [0.4, 0.5) is 24.7 Å². The second kappa shape index (κ2) is 5.01. The van der Waals surface area contributed by atoms with Gasteiger partial charge in [0.1, 0.15) is 11.6 Å². The van der Waals surface area contributed by atoms with Gasteiger partial charge in [-0.2, -0.15) is 0 Å². The molecule has 4 nitrogen and oxygen atoms in total. The number of nitrogens with one attached hydrogen (secondary N) is 2. The highest BCUT2D eigenvalue weighted by Crippen LogP contribution is 2.24. The number of hydrogen-bond acceptors (Lipinski definition) is 3. The Balaban J connectivity index is 1.75. The molecule has 0 saturated carbocycles. The number of halogens is 3. The first-order valence-corrected chi connectivity index (χ1v) is 6.06. The molecule has 3 aromatic rings. The smallest absolute Gasteiger partial charge is 0.404 e. The van der Waals surface area contributed by atoms with E-state index in [2.05, 4.69) is 20.0 Å². The van der Waals surface area contributed by atoms with E-state index in [0.29, 0.717) is 5.82 Å². The standard InChI is InChI=1S/C14H10F3N3O/c15-14(16,17)21-11-3-4-13(19-8-11)20-10-2-1-9-5-6-18-12(9)7-10/h1-8,18H,(H,19,20). The number of aromatic amines is 1. The average molecular weight is 293 g/mol. The van der Waals surface area contributed by atoms with Crippen LogP contribution in [0.15, 0.2) is 48.8 Å². The van der Waals surface area contributed by atoms with Gasteiger partial charge in [0.2, 0.25) is 0 Å². The summed E-state index contributed by atoms with van der Waals surface area (Å²) in [6.07, 6.45) is -1.87. The van der Waals surface area contributed by atoms with E-state index in [0.717, 1.165) is 22.8 Å². The lowest BCUT2D eigenvalue weighted by atomic mass is 10.2. The number of benzene rings is 1. The quantitative estimate of drug-likeness (QED) is 0.760. The highest BCUT2D eigenvalue weighted by Gasteiger charge is 2.31. The predicted octanol–water partition coefficient (Wildman–Crippen LogP) is 4.21. The fraction of sp³-hybridized carbons (Fsp3) is 0.0714. The zero-order chi connectivity index (χ0) is 14.9. The van der Waals surface area contributed by atoms with Crippen LogP contribution in [0, 0.1) is 0 Å². The Morgan fingerprint density at radius 2 is 1.95 bits per heavy atom. The lowest BCUT2D eigenvalue weighted by molar-refractivity contribution is -0.274. The van der Waals surface area contributed by atoms with Gasteiger partial charge in [-0.15, -0.1) is 13.2 Å². The van der Waals surface area contributed by atoms with Crippen molar-refractivity contribution in [2.24, 2.45) is 0 Å². The van der Waals surface area contributed by atoms with Gasteiger partial charge in [0, 0.05) is 17.4 Å². The number of hydrogen-bond donors (Lipinski definition) is 2. The van der Waals surface area contributed by atoms with Crippen molar-refractivity contribution in [2.75, 3.05) is 5.32 Å². The third kappa shape index (κ3) is 3.25. The van der Waals surface area contributed by atoms with Crippen molar-refractivity contribution in [3.05, 3.63) is 48.8 Å². The van der Waals surface area contributed by atoms with Crippen molar-refractivity contribution in [1.82, 2.24) is 9.97 Å². The van der Waals surface area contributed by atoms with Gasteiger partial charge in [-0.3, -0.25) is 0 Å². The van der Waals surface area contributed by atoms with E-state index < -0.39 is 6.36 Å². The zero-order valence-electron chi connectivity index (χ0n) is 10.6. The van der Waals surface area contributed by atoms with Gasteiger partial charge >= 0.3 is 6.36 Å². The van der Waals surface area contributed by atoms with Gasteiger partial charge in [0.25, 0.3) is 0 Å². The second-order valence-electron chi connectivity index (χ2n) is 4.33. The normalized spacial score (nSPS) is 11.6. The molecule has 0 atom stereocenters. The topological polar surface area (TPSA) is 49.9 Å². The molecule has 0 bridgehead atoms. The summed E-state index contributed by atoms with van der Waals surface area (Å²) in [5.74, 6) is 0.0725. The molecule has 0 aliphatic carbocycles. The van der Waals surface area contributed by atoms with E-state index in [-0.39, 0.29) is 5.75 Å². The highest BCUT2D eigenvalue weighted by atomic mass is 19.4. The van der Waals surface area contributed by atoms with Gasteiger partial charge in [0.15, 0.2) is 0 Å². The van der Waals surface area contributed by atoms with Crippen LogP contribution >= 0.6 is 0 Å². The van der Waals surface area contributed by atoms with Crippen LogP contribution in [0.25, 0.3) is 10.9 Å². The molecule has 0 unspecified atom stereocenters. The van der Waals surface area contributed by atoms with Crippen LogP contribution in [0.1, 0.15) is 0 Å². The van der Waals surface area contributed by atoms with Gasteiger partial charge < -0.3 is 15.0 Å². The van der Waals surface area contributed by atoms with E-state index in [1.807, 2.05) is 30.5 Å². The molecule has 21 heavy (non-hydrogen) atoms. The minimum Gasteiger partial charge on any atom is -0.404 e. The number of nitrogens with zero attached hydrogens (tertiary/aromatic N) is 1. The van der Waals surface area contributed by atoms with E-state index in [1.54, 1.807) is 0 Å². The molecular weight excluding hydrogens is 283 g/mol. The van der Waals surface area contributed by atoms with Gasteiger partial charge in [-0.25, -0.2) is 4.98 Å². The van der Waals surface area contributed by atoms with Crippen molar-refractivity contribution >= 4 is 22.4 Å². The van der Waals surface area contributed by atoms with Crippen LogP contribution < -0.4 is 10.1 Å². The number of ether oxygens (including phenoxy) is 1. The number of aromatic nitrogens is 2. The first-order valence-electron chi connectivity index (χ1n) is 6.06. The van der Waals surface area contributed by atoms with Crippen molar-refractivity contribution in [1.29, 1.82) is 0 Å². The van der Waals surface area contributed by atoms with Crippen molar-refractivity contribution in [2.45, 2.75) is 6.36 Å². The molecule has 2 heterocycles. The Hall–Kier alpha value is -2.70. The lowest BCUT2D eigenvalue weighted by Crippen LogP contribution is -2.17. The number of H-pyrrole nitrogens is 1. The average Bonchev–Trinajstić information content (AvgIpc) is 2.87.